The second-order valence-electron chi connectivity index (χ2n) is 6.07. The van der Waals surface area contributed by atoms with Crippen LogP contribution >= 0.6 is 0 Å². The number of nitrogens with zero attached hydrogens (tertiary/aromatic N) is 4. The average molecular weight is 329 g/mol. The van der Waals surface area contributed by atoms with Crippen molar-refractivity contribution >= 4 is 22.8 Å². The molecule has 1 N–H and O–H groups in total. The molecule has 0 radical (unpaired) electrons. The van der Waals surface area contributed by atoms with E-state index in [1.807, 2.05) is 62.9 Å². The first-order valence-corrected chi connectivity index (χ1v) is 8.15. The average Bonchev–Trinajstić information content (AvgIpc) is 3.06. The van der Waals surface area contributed by atoms with Crippen molar-refractivity contribution in [3.05, 3.63) is 73.1 Å². The van der Waals surface area contributed by atoms with Gasteiger partial charge in [0.05, 0.1) is 6.20 Å². The van der Waals surface area contributed by atoms with E-state index in [4.69, 9.17) is 4.98 Å². The van der Waals surface area contributed by atoms with Crippen LogP contribution < -0.4 is 10.2 Å². The Hall–Kier alpha value is -3.34. The van der Waals surface area contributed by atoms with Crippen molar-refractivity contribution in [2.45, 2.75) is 0 Å². The summed E-state index contributed by atoms with van der Waals surface area (Å²) in [6.07, 6.45) is 3.78. The van der Waals surface area contributed by atoms with Gasteiger partial charge >= 0.3 is 0 Å². The van der Waals surface area contributed by atoms with E-state index in [1.165, 1.54) is 5.69 Å². The fourth-order valence-electron chi connectivity index (χ4n) is 2.75. The Labute approximate surface area is 146 Å². The van der Waals surface area contributed by atoms with Crippen molar-refractivity contribution in [1.29, 1.82) is 0 Å². The Bertz CT molecular complexity index is 988. The highest BCUT2D eigenvalue weighted by atomic mass is 15.2. The second kappa shape index (κ2) is 6.28. The minimum absolute atomic E-state index is 0.797. The molecule has 4 aromatic rings. The van der Waals surface area contributed by atoms with E-state index in [2.05, 4.69) is 39.6 Å². The second-order valence-corrected chi connectivity index (χ2v) is 6.07. The van der Waals surface area contributed by atoms with Crippen LogP contribution in [0.3, 0.4) is 0 Å². The van der Waals surface area contributed by atoms with Gasteiger partial charge in [-0.3, -0.25) is 0 Å². The third-order valence-corrected chi connectivity index (χ3v) is 4.11. The first kappa shape index (κ1) is 15.2. The lowest BCUT2D eigenvalue weighted by Crippen LogP contribution is -2.07. The van der Waals surface area contributed by atoms with Gasteiger partial charge in [-0.05, 0) is 35.9 Å². The molecule has 0 spiro atoms. The third-order valence-electron chi connectivity index (χ3n) is 4.11. The summed E-state index contributed by atoms with van der Waals surface area (Å²) in [5.74, 6) is 0.797. The number of fused-ring (bicyclic) bond motifs is 1. The van der Waals surface area contributed by atoms with Crippen LogP contribution in [-0.4, -0.2) is 28.7 Å². The minimum Gasteiger partial charge on any atom is -0.378 e. The molecular formula is C20H19N5. The van der Waals surface area contributed by atoms with E-state index < -0.39 is 0 Å². The Kier molecular flexibility index (Phi) is 3.82. The highest BCUT2D eigenvalue weighted by molar-refractivity contribution is 5.79. The number of para-hydroxylation sites is 1. The molecule has 0 amide bonds. The maximum absolute atomic E-state index is 4.74. The molecule has 25 heavy (non-hydrogen) atoms. The summed E-state index contributed by atoms with van der Waals surface area (Å²) in [6.45, 7) is 0. The maximum atomic E-state index is 4.74. The highest BCUT2D eigenvalue weighted by Gasteiger charge is 2.09. The van der Waals surface area contributed by atoms with Crippen molar-refractivity contribution in [3.63, 3.8) is 0 Å². The zero-order valence-corrected chi connectivity index (χ0v) is 14.2. The number of nitrogens with one attached hydrogen (secondary N) is 1. The molecule has 0 aliphatic carbocycles. The summed E-state index contributed by atoms with van der Waals surface area (Å²) in [7, 11) is 4.07. The van der Waals surface area contributed by atoms with Crippen molar-refractivity contribution in [3.8, 4) is 11.1 Å². The van der Waals surface area contributed by atoms with Crippen LogP contribution in [0.2, 0.25) is 0 Å². The maximum Gasteiger partial charge on any atom is 0.165 e. The van der Waals surface area contributed by atoms with Gasteiger partial charge in [-0.1, -0.05) is 30.3 Å². The molecule has 0 fully saturated rings. The molecule has 2 aromatic carbocycles. The van der Waals surface area contributed by atoms with Crippen LogP contribution in [0.4, 0.5) is 17.2 Å². The molecule has 124 valence electrons. The van der Waals surface area contributed by atoms with Gasteiger partial charge in [-0.2, -0.15) is 5.10 Å². The Morgan fingerprint density at radius 2 is 1.68 bits per heavy atom. The summed E-state index contributed by atoms with van der Waals surface area (Å²) in [4.78, 5) is 6.83. The standard InChI is InChI=1S/C20H19N5/c1-24(2)17-10-8-15(9-11-17)18-14-21-25-13-12-19(23-20(18)25)22-16-6-4-3-5-7-16/h3-14H,1-2H3,(H,22,23). The predicted molar refractivity (Wildman–Crippen MR) is 102 cm³/mol. The Balaban J connectivity index is 1.71. The van der Waals surface area contributed by atoms with Crippen LogP contribution in [0.25, 0.3) is 16.8 Å². The highest BCUT2D eigenvalue weighted by Crippen LogP contribution is 2.26. The molecule has 0 saturated carbocycles. The zero-order chi connectivity index (χ0) is 17.2. The van der Waals surface area contributed by atoms with E-state index in [0.717, 1.165) is 28.3 Å². The lowest BCUT2D eigenvalue weighted by molar-refractivity contribution is 0.941. The number of anilines is 3. The number of benzene rings is 2. The number of rotatable bonds is 4. The molecular weight excluding hydrogens is 310 g/mol. The topological polar surface area (TPSA) is 45.5 Å². The van der Waals surface area contributed by atoms with Gasteiger partial charge < -0.3 is 10.2 Å². The lowest BCUT2D eigenvalue weighted by Gasteiger charge is -2.12. The largest absolute Gasteiger partial charge is 0.378 e. The van der Waals surface area contributed by atoms with Gasteiger partial charge in [-0.25, -0.2) is 9.50 Å². The molecule has 0 saturated heterocycles. The molecule has 4 rings (SSSR count). The summed E-state index contributed by atoms with van der Waals surface area (Å²) >= 11 is 0. The van der Waals surface area contributed by atoms with E-state index in [-0.39, 0.29) is 0 Å². The third kappa shape index (κ3) is 3.04. The molecule has 0 aliphatic rings. The molecule has 5 heteroatoms. The summed E-state index contributed by atoms with van der Waals surface area (Å²) < 4.78 is 1.80. The van der Waals surface area contributed by atoms with Gasteiger partial charge in [0.2, 0.25) is 0 Å². The first-order chi connectivity index (χ1) is 12.2. The van der Waals surface area contributed by atoms with Gasteiger partial charge in [0.25, 0.3) is 0 Å². The number of hydrogen-bond donors (Lipinski definition) is 1. The van der Waals surface area contributed by atoms with Crippen LogP contribution in [0, 0.1) is 0 Å². The fourth-order valence-corrected chi connectivity index (χ4v) is 2.75. The summed E-state index contributed by atoms with van der Waals surface area (Å²) in [5, 5.41) is 7.75. The van der Waals surface area contributed by atoms with E-state index >= 15 is 0 Å². The lowest BCUT2D eigenvalue weighted by atomic mass is 10.1. The molecule has 0 aliphatic heterocycles. The molecule has 0 atom stereocenters. The number of hydrogen-bond acceptors (Lipinski definition) is 4. The SMILES string of the molecule is CN(C)c1ccc(-c2cnn3ccc(Nc4ccccc4)nc23)cc1. The van der Waals surface area contributed by atoms with Crippen molar-refractivity contribution < 1.29 is 0 Å². The summed E-state index contributed by atoms with van der Waals surface area (Å²) in [6, 6.07) is 20.4. The van der Waals surface area contributed by atoms with E-state index in [1.54, 1.807) is 4.52 Å². The van der Waals surface area contributed by atoms with Gasteiger partial charge in [0.15, 0.2) is 5.65 Å². The van der Waals surface area contributed by atoms with Crippen LogP contribution in [0.15, 0.2) is 73.1 Å². The quantitative estimate of drug-likeness (QED) is 0.609. The Morgan fingerprint density at radius 3 is 2.40 bits per heavy atom. The van der Waals surface area contributed by atoms with Crippen LogP contribution in [0.5, 0.6) is 0 Å². The Morgan fingerprint density at radius 1 is 0.920 bits per heavy atom. The summed E-state index contributed by atoms with van der Waals surface area (Å²) in [5.41, 5.74) is 5.13. The van der Waals surface area contributed by atoms with E-state index in [0.29, 0.717) is 0 Å². The van der Waals surface area contributed by atoms with Gasteiger partial charge in [0, 0.05) is 37.2 Å². The molecule has 2 heterocycles. The normalized spacial score (nSPS) is 10.8. The first-order valence-electron chi connectivity index (χ1n) is 8.15. The van der Waals surface area contributed by atoms with Crippen molar-refractivity contribution in [2.24, 2.45) is 0 Å². The predicted octanol–water partition coefficient (Wildman–Crippen LogP) is 4.21. The van der Waals surface area contributed by atoms with Gasteiger partial charge in [0.1, 0.15) is 5.82 Å². The molecule has 5 nitrogen and oxygen atoms in total. The smallest absolute Gasteiger partial charge is 0.165 e. The minimum atomic E-state index is 0.797. The molecule has 0 bridgehead atoms. The fraction of sp³-hybridized carbons (Fsp3) is 0.100. The van der Waals surface area contributed by atoms with Crippen LogP contribution in [0.1, 0.15) is 0 Å². The van der Waals surface area contributed by atoms with Crippen LogP contribution in [-0.2, 0) is 0 Å². The number of aromatic nitrogens is 3. The van der Waals surface area contributed by atoms with Crippen molar-refractivity contribution in [2.75, 3.05) is 24.3 Å². The van der Waals surface area contributed by atoms with Gasteiger partial charge in [-0.15, -0.1) is 0 Å². The molecule has 2 aromatic heterocycles. The monoisotopic (exact) mass is 329 g/mol. The van der Waals surface area contributed by atoms with E-state index in [9.17, 15) is 0 Å². The zero-order valence-electron chi connectivity index (χ0n) is 14.2. The molecule has 0 unspecified atom stereocenters. The van der Waals surface area contributed by atoms with Crippen molar-refractivity contribution in [1.82, 2.24) is 14.6 Å².